The number of carbonyl (C=O) groups excluding carboxylic acids is 3. The molecule has 2 N–H and O–H groups in total. The lowest BCUT2D eigenvalue weighted by Crippen LogP contribution is -2.31. The Morgan fingerprint density at radius 3 is 2.00 bits per heavy atom. The van der Waals surface area contributed by atoms with E-state index in [-0.39, 0.29) is 36.8 Å². The van der Waals surface area contributed by atoms with Crippen molar-refractivity contribution in [3.63, 3.8) is 0 Å². The monoisotopic (exact) mass is 524 g/mol. The van der Waals surface area contributed by atoms with Crippen LogP contribution in [0.3, 0.4) is 0 Å². The molecule has 4 rings (SSSR count). The summed E-state index contributed by atoms with van der Waals surface area (Å²) in [5, 5.41) is 5.62. The van der Waals surface area contributed by atoms with Crippen LogP contribution in [-0.4, -0.2) is 41.4 Å². The van der Waals surface area contributed by atoms with Gasteiger partial charge in [0.15, 0.2) is 0 Å². The molecular weight excluding hydrogens is 496 g/mol. The van der Waals surface area contributed by atoms with E-state index in [2.05, 4.69) is 25.3 Å². The summed E-state index contributed by atoms with van der Waals surface area (Å²) in [4.78, 5) is 45.9. The first-order valence-corrected chi connectivity index (χ1v) is 12.3. The number of benzene rings is 3. The molecule has 0 fully saturated rings. The largest absolute Gasteiger partial charge is 0.472 e. The van der Waals surface area contributed by atoms with E-state index in [0.29, 0.717) is 0 Å². The van der Waals surface area contributed by atoms with Crippen molar-refractivity contribution in [3.05, 3.63) is 125 Å². The summed E-state index contributed by atoms with van der Waals surface area (Å²) in [5.74, 6) is -1.76. The second-order valence-corrected chi connectivity index (χ2v) is 8.50. The molecule has 4 aromatic rings. The number of nitrogens with zero attached hydrogens (tertiary/aromatic N) is 2. The number of ether oxygens (including phenoxy) is 2. The van der Waals surface area contributed by atoms with Crippen molar-refractivity contribution in [2.45, 2.75) is 19.1 Å². The van der Waals surface area contributed by atoms with Crippen LogP contribution in [-0.2, 0) is 16.1 Å². The number of rotatable bonds is 11. The van der Waals surface area contributed by atoms with Crippen LogP contribution in [0.25, 0.3) is 0 Å². The number of amides is 2. The fourth-order valence-corrected chi connectivity index (χ4v) is 3.79. The maximum atomic E-state index is 13.6. The van der Waals surface area contributed by atoms with E-state index in [1.54, 1.807) is 0 Å². The molecule has 2 amide bonds. The minimum Gasteiger partial charge on any atom is -0.472 e. The normalized spacial score (nSPS) is 10.5. The molecule has 0 spiro atoms. The summed E-state index contributed by atoms with van der Waals surface area (Å²) in [6.45, 7) is 0.176. The van der Waals surface area contributed by atoms with E-state index >= 15 is 0 Å². The lowest BCUT2D eigenvalue weighted by molar-refractivity contribution is -0.140. The summed E-state index contributed by atoms with van der Waals surface area (Å²) in [7, 11) is 1.27. The average Bonchev–Trinajstić information content (AvgIpc) is 2.99. The highest BCUT2D eigenvalue weighted by Crippen LogP contribution is 2.24. The topological polar surface area (TPSA) is 120 Å². The third-order valence-electron chi connectivity index (χ3n) is 5.80. The molecular formula is C30H28N4O5. The summed E-state index contributed by atoms with van der Waals surface area (Å²) >= 11 is 0. The molecule has 0 unspecified atom stereocenters. The van der Waals surface area contributed by atoms with Crippen LogP contribution in [0.15, 0.2) is 97.2 Å². The molecule has 0 aliphatic heterocycles. The molecule has 1 aromatic heterocycles. The van der Waals surface area contributed by atoms with E-state index in [4.69, 9.17) is 4.74 Å². The third-order valence-corrected chi connectivity index (χ3v) is 5.80. The Morgan fingerprint density at radius 1 is 0.821 bits per heavy atom. The first-order chi connectivity index (χ1) is 19.0. The Balaban J connectivity index is 1.60. The van der Waals surface area contributed by atoms with Gasteiger partial charge in [0.1, 0.15) is 12.2 Å². The van der Waals surface area contributed by atoms with Gasteiger partial charge in [0.2, 0.25) is 11.7 Å². The fourth-order valence-electron chi connectivity index (χ4n) is 3.79. The van der Waals surface area contributed by atoms with Crippen molar-refractivity contribution >= 4 is 17.8 Å². The van der Waals surface area contributed by atoms with E-state index in [1.807, 2.05) is 91.0 Å². The van der Waals surface area contributed by atoms with Gasteiger partial charge in [0.25, 0.3) is 11.8 Å². The molecule has 9 nitrogen and oxygen atoms in total. The molecule has 0 radical (unpaired) electrons. The molecule has 0 saturated carbocycles. The van der Waals surface area contributed by atoms with E-state index in [9.17, 15) is 14.4 Å². The Morgan fingerprint density at radius 2 is 1.41 bits per heavy atom. The molecule has 1 heterocycles. The summed E-state index contributed by atoms with van der Waals surface area (Å²) in [6, 6.07) is 28.1. The predicted molar refractivity (Wildman–Crippen MR) is 144 cm³/mol. The Labute approximate surface area is 226 Å². The van der Waals surface area contributed by atoms with Gasteiger partial charge < -0.3 is 20.1 Å². The van der Waals surface area contributed by atoms with E-state index in [0.717, 1.165) is 16.7 Å². The second-order valence-electron chi connectivity index (χ2n) is 8.50. The van der Waals surface area contributed by atoms with Gasteiger partial charge in [0.05, 0.1) is 19.6 Å². The Kier molecular flexibility index (Phi) is 9.33. The SMILES string of the molecule is COC(=O)CCNC(=O)c1ncc(C(=O)NC(c2ccccc2)c2ccccc2)c(OCc2ccccc2)n1. The quantitative estimate of drug-likeness (QED) is 0.286. The third kappa shape index (κ3) is 7.48. The predicted octanol–water partition coefficient (Wildman–Crippen LogP) is 3.87. The zero-order valence-electron chi connectivity index (χ0n) is 21.4. The number of hydrogen-bond donors (Lipinski definition) is 2. The number of esters is 1. The van der Waals surface area contributed by atoms with Crippen LogP contribution in [0.2, 0.25) is 0 Å². The number of hydrogen-bond acceptors (Lipinski definition) is 7. The highest BCUT2D eigenvalue weighted by atomic mass is 16.5. The van der Waals surface area contributed by atoms with Crippen molar-refractivity contribution in [2.24, 2.45) is 0 Å². The van der Waals surface area contributed by atoms with Gasteiger partial charge in [-0.05, 0) is 16.7 Å². The highest BCUT2D eigenvalue weighted by molar-refractivity contribution is 5.97. The van der Waals surface area contributed by atoms with Gasteiger partial charge in [-0.2, -0.15) is 4.98 Å². The highest BCUT2D eigenvalue weighted by Gasteiger charge is 2.23. The Bertz CT molecular complexity index is 1360. The minimum absolute atomic E-state index is 0.000451. The minimum atomic E-state index is -0.609. The summed E-state index contributed by atoms with van der Waals surface area (Å²) in [6.07, 6.45) is 1.27. The molecule has 0 aliphatic rings. The van der Waals surface area contributed by atoms with Crippen molar-refractivity contribution < 1.29 is 23.9 Å². The van der Waals surface area contributed by atoms with Crippen LogP contribution >= 0.6 is 0 Å². The molecule has 39 heavy (non-hydrogen) atoms. The molecule has 3 aromatic carbocycles. The molecule has 0 atom stereocenters. The molecule has 0 saturated heterocycles. The van der Waals surface area contributed by atoms with Gasteiger partial charge >= 0.3 is 5.97 Å². The van der Waals surface area contributed by atoms with E-state index < -0.39 is 23.8 Å². The lowest BCUT2D eigenvalue weighted by Gasteiger charge is -2.20. The van der Waals surface area contributed by atoms with Crippen LogP contribution < -0.4 is 15.4 Å². The smallest absolute Gasteiger partial charge is 0.307 e. The van der Waals surface area contributed by atoms with Gasteiger partial charge in [0, 0.05) is 12.7 Å². The van der Waals surface area contributed by atoms with Crippen LogP contribution in [0, 0.1) is 0 Å². The van der Waals surface area contributed by atoms with Gasteiger partial charge in [-0.1, -0.05) is 91.0 Å². The van der Waals surface area contributed by atoms with Crippen LogP contribution in [0.1, 0.15) is 50.1 Å². The molecule has 0 bridgehead atoms. The maximum Gasteiger partial charge on any atom is 0.307 e. The Hall–Kier alpha value is -5.05. The van der Waals surface area contributed by atoms with Crippen molar-refractivity contribution in [2.75, 3.05) is 13.7 Å². The summed E-state index contributed by atoms with van der Waals surface area (Å²) < 4.78 is 10.5. The van der Waals surface area contributed by atoms with Crippen molar-refractivity contribution in [3.8, 4) is 5.88 Å². The summed E-state index contributed by atoms with van der Waals surface area (Å²) in [5.41, 5.74) is 2.73. The lowest BCUT2D eigenvalue weighted by atomic mass is 9.98. The maximum absolute atomic E-state index is 13.6. The number of methoxy groups -OCH3 is 1. The average molecular weight is 525 g/mol. The standard InChI is InChI=1S/C30H28N4O5/c1-38-25(35)17-18-31-29(37)27-32-19-24(30(34-27)39-20-21-11-5-2-6-12-21)28(36)33-26(22-13-7-3-8-14-22)23-15-9-4-10-16-23/h2-16,19,26H,17-18,20H2,1H3,(H,31,37)(H,33,36). The molecule has 9 heteroatoms. The van der Waals surface area contributed by atoms with Crippen molar-refractivity contribution in [1.29, 1.82) is 0 Å². The number of aromatic nitrogens is 2. The zero-order valence-corrected chi connectivity index (χ0v) is 21.4. The van der Waals surface area contributed by atoms with Crippen LogP contribution in [0.5, 0.6) is 5.88 Å². The molecule has 0 aliphatic carbocycles. The number of nitrogens with one attached hydrogen (secondary N) is 2. The second kappa shape index (κ2) is 13.5. The van der Waals surface area contributed by atoms with E-state index in [1.165, 1.54) is 13.3 Å². The van der Waals surface area contributed by atoms with Crippen molar-refractivity contribution in [1.82, 2.24) is 20.6 Å². The van der Waals surface area contributed by atoms with Gasteiger partial charge in [-0.25, -0.2) is 4.98 Å². The fraction of sp³-hybridized carbons (Fsp3) is 0.167. The van der Waals surface area contributed by atoms with Gasteiger partial charge in [-0.15, -0.1) is 0 Å². The molecule has 198 valence electrons. The number of carbonyl (C=O) groups is 3. The van der Waals surface area contributed by atoms with Gasteiger partial charge in [-0.3, -0.25) is 14.4 Å². The van der Waals surface area contributed by atoms with Crippen LogP contribution in [0.4, 0.5) is 0 Å². The first kappa shape index (κ1) is 27.0. The zero-order chi connectivity index (χ0) is 27.5. The first-order valence-electron chi connectivity index (χ1n) is 12.3.